The summed E-state index contributed by atoms with van der Waals surface area (Å²) in [7, 11) is 1.53. The lowest BCUT2D eigenvalue weighted by Gasteiger charge is -2.18. The number of para-hydroxylation sites is 1. The van der Waals surface area contributed by atoms with Gasteiger partial charge in [0.25, 0.3) is 5.91 Å². The van der Waals surface area contributed by atoms with Crippen LogP contribution in [-0.2, 0) is 17.8 Å². The molecule has 2 aromatic carbocycles. The zero-order chi connectivity index (χ0) is 22.8. The Kier molecular flexibility index (Phi) is 5.67. The topological polar surface area (TPSA) is 134 Å². The summed E-state index contributed by atoms with van der Waals surface area (Å²) in [6, 6.07) is 11.2. The van der Waals surface area contributed by atoms with Gasteiger partial charge in [-0.3, -0.25) is 14.5 Å². The van der Waals surface area contributed by atoms with E-state index in [9.17, 15) is 19.2 Å². The molecule has 1 fully saturated rings. The van der Waals surface area contributed by atoms with Crippen LogP contribution in [0, 0.1) is 0 Å². The van der Waals surface area contributed by atoms with Crippen molar-refractivity contribution in [2.24, 2.45) is 5.73 Å². The van der Waals surface area contributed by atoms with Crippen molar-refractivity contribution < 1.29 is 23.9 Å². The number of imide groups is 1. The molecule has 10 heteroatoms. The first-order chi connectivity index (χ1) is 15.3. The number of carbonyl (C=O) groups excluding carboxylic acids is 4. The number of nitrogens with zero attached hydrogens (tertiary/aromatic N) is 2. The number of amides is 6. The summed E-state index contributed by atoms with van der Waals surface area (Å²) in [5.74, 6) is -0.198. The number of anilines is 1. The fraction of sp³-hybridized carbons (Fsp3) is 0.273. The normalized spacial score (nSPS) is 17.2. The van der Waals surface area contributed by atoms with Crippen molar-refractivity contribution in [1.82, 2.24) is 15.1 Å². The zero-order valence-electron chi connectivity index (χ0n) is 17.5. The smallest absolute Gasteiger partial charge is 0.327 e. The van der Waals surface area contributed by atoms with Gasteiger partial charge in [0, 0.05) is 24.7 Å². The maximum absolute atomic E-state index is 12.5. The van der Waals surface area contributed by atoms with Gasteiger partial charge in [-0.1, -0.05) is 24.3 Å². The summed E-state index contributed by atoms with van der Waals surface area (Å²) in [5, 5.41) is 5.44. The van der Waals surface area contributed by atoms with Gasteiger partial charge in [0.15, 0.2) is 0 Å². The van der Waals surface area contributed by atoms with Crippen molar-refractivity contribution >= 4 is 29.6 Å². The number of nitrogens with two attached hydrogens (primary N) is 1. The standard InChI is InChI=1S/C22H23N5O5/c1-26-12-19(28)27(22(26)31)11-15-7-6-14(20(23)29)9-17(15)25-21(30)24-10-16-8-13-4-2-3-5-18(13)32-16/h2-7,9,16H,8,10-12H2,1H3,(H2,23,29)(H2,24,25,30)/t16-/m0/s1. The van der Waals surface area contributed by atoms with Gasteiger partial charge in [0.2, 0.25) is 5.91 Å². The van der Waals surface area contributed by atoms with E-state index in [-0.39, 0.29) is 42.9 Å². The molecule has 0 bridgehead atoms. The number of rotatable bonds is 6. The Balaban J connectivity index is 1.43. The molecule has 0 unspecified atom stereocenters. The van der Waals surface area contributed by atoms with Crippen LogP contribution in [0.5, 0.6) is 5.75 Å². The van der Waals surface area contributed by atoms with E-state index in [2.05, 4.69) is 10.6 Å². The molecule has 0 aliphatic carbocycles. The van der Waals surface area contributed by atoms with Crippen LogP contribution < -0.4 is 21.1 Å². The lowest BCUT2D eigenvalue weighted by atomic mass is 10.1. The minimum absolute atomic E-state index is 0.00870. The minimum Gasteiger partial charge on any atom is -0.488 e. The molecule has 4 rings (SSSR count). The minimum atomic E-state index is -0.662. The van der Waals surface area contributed by atoms with Crippen molar-refractivity contribution in [2.75, 3.05) is 25.5 Å². The lowest BCUT2D eigenvalue weighted by molar-refractivity contribution is -0.125. The first-order valence-corrected chi connectivity index (χ1v) is 10.1. The van der Waals surface area contributed by atoms with Crippen molar-refractivity contribution in [3.8, 4) is 5.75 Å². The molecule has 2 heterocycles. The molecule has 2 aliphatic heterocycles. The van der Waals surface area contributed by atoms with Gasteiger partial charge in [0.05, 0.1) is 13.1 Å². The third-order valence-corrected chi connectivity index (χ3v) is 5.41. The second kappa shape index (κ2) is 8.58. The van der Waals surface area contributed by atoms with E-state index in [1.165, 1.54) is 24.1 Å². The van der Waals surface area contributed by atoms with Gasteiger partial charge < -0.3 is 26.0 Å². The zero-order valence-corrected chi connectivity index (χ0v) is 17.5. The molecule has 6 amide bonds. The molecule has 4 N–H and O–H groups in total. The molecule has 10 nitrogen and oxygen atoms in total. The van der Waals surface area contributed by atoms with Gasteiger partial charge in [-0.05, 0) is 29.3 Å². The number of ether oxygens (including phenoxy) is 1. The summed E-state index contributed by atoms with van der Waals surface area (Å²) in [6.45, 7) is 0.224. The molecule has 2 aromatic rings. The van der Waals surface area contributed by atoms with Gasteiger partial charge in [-0.25, -0.2) is 9.59 Å². The van der Waals surface area contributed by atoms with Crippen molar-refractivity contribution in [1.29, 1.82) is 0 Å². The van der Waals surface area contributed by atoms with Crippen LogP contribution in [0.25, 0.3) is 0 Å². The molecular formula is C22H23N5O5. The second-order valence-corrected chi connectivity index (χ2v) is 7.74. The third kappa shape index (κ3) is 4.34. The van der Waals surface area contributed by atoms with Crippen LogP contribution in [0.3, 0.4) is 0 Å². The Morgan fingerprint density at radius 3 is 2.66 bits per heavy atom. The number of benzene rings is 2. The maximum atomic E-state index is 12.5. The Hall–Kier alpha value is -4.08. The summed E-state index contributed by atoms with van der Waals surface area (Å²) in [4.78, 5) is 50.9. The van der Waals surface area contributed by atoms with Crippen molar-refractivity contribution in [3.05, 3.63) is 59.2 Å². The number of nitrogens with one attached hydrogen (secondary N) is 2. The molecule has 0 radical (unpaired) electrons. The van der Waals surface area contributed by atoms with E-state index in [4.69, 9.17) is 10.5 Å². The second-order valence-electron chi connectivity index (χ2n) is 7.74. The van der Waals surface area contributed by atoms with Gasteiger partial charge in [-0.15, -0.1) is 0 Å². The number of hydrogen-bond donors (Lipinski definition) is 3. The van der Waals surface area contributed by atoms with E-state index < -0.39 is 18.0 Å². The summed E-state index contributed by atoms with van der Waals surface area (Å²) in [6.07, 6.45) is 0.496. The molecular weight excluding hydrogens is 414 g/mol. The maximum Gasteiger partial charge on any atom is 0.327 e. The summed E-state index contributed by atoms with van der Waals surface area (Å²) >= 11 is 0. The molecule has 0 spiro atoms. The summed E-state index contributed by atoms with van der Waals surface area (Å²) < 4.78 is 5.81. The first-order valence-electron chi connectivity index (χ1n) is 10.1. The van der Waals surface area contributed by atoms with E-state index in [1.54, 1.807) is 6.07 Å². The first kappa shape index (κ1) is 21.2. The highest BCUT2D eigenvalue weighted by Gasteiger charge is 2.34. The van der Waals surface area contributed by atoms with Crippen LogP contribution in [0.4, 0.5) is 15.3 Å². The lowest BCUT2D eigenvalue weighted by Crippen LogP contribution is -2.37. The Morgan fingerprint density at radius 1 is 1.19 bits per heavy atom. The molecule has 0 aromatic heterocycles. The predicted octanol–water partition coefficient (Wildman–Crippen LogP) is 1.30. The average Bonchev–Trinajstić information content (AvgIpc) is 3.28. The molecule has 0 saturated carbocycles. The van der Waals surface area contributed by atoms with Crippen LogP contribution in [-0.4, -0.2) is 59.9 Å². The number of urea groups is 2. The van der Waals surface area contributed by atoms with Gasteiger partial charge in [0.1, 0.15) is 18.4 Å². The highest BCUT2D eigenvalue weighted by molar-refractivity contribution is 6.02. The van der Waals surface area contributed by atoms with Crippen molar-refractivity contribution in [3.63, 3.8) is 0 Å². The predicted molar refractivity (Wildman–Crippen MR) is 115 cm³/mol. The molecule has 2 aliphatic rings. The van der Waals surface area contributed by atoms with E-state index in [0.29, 0.717) is 12.0 Å². The fourth-order valence-corrected chi connectivity index (χ4v) is 3.72. The van der Waals surface area contributed by atoms with Gasteiger partial charge in [-0.2, -0.15) is 0 Å². The Labute approximate surface area is 184 Å². The quantitative estimate of drug-likeness (QED) is 0.586. The van der Waals surface area contributed by atoms with Crippen molar-refractivity contribution in [2.45, 2.75) is 19.1 Å². The number of carbonyl (C=O) groups is 4. The Morgan fingerprint density at radius 2 is 1.97 bits per heavy atom. The third-order valence-electron chi connectivity index (χ3n) is 5.41. The van der Waals surface area contributed by atoms with E-state index in [1.807, 2.05) is 24.3 Å². The van der Waals surface area contributed by atoms with Crippen LogP contribution in [0.2, 0.25) is 0 Å². The number of hydrogen-bond acceptors (Lipinski definition) is 5. The molecule has 1 saturated heterocycles. The van der Waals surface area contributed by atoms with Gasteiger partial charge >= 0.3 is 12.1 Å². The van der Waals surface area contributed by atoms with Crippen LogP contribution in [0.15, 0.2) is 42.5 Å². The van der Waals surface area contributed by atoms with Crippen LogP contribution >= 0.6 is 0 Å². The number of fused-ring (bicyclic) bond motifs is 1. The molecule has 166 valence electrons. The SMILES string of the molecule is CN1CC(=O)N(Cc2ccc(C(N)=O)cc2NC(=O)NC[C@@H]2Cc3ccccc3O2)C1=O. The molecule has 32 heavy (non-hydrogen) atoms. The monoisotopic (exact) mass is 437 g/mol. The fourth-order valence-electron chi connectivity index (χ4n) is 3.72. The average molecular weight is 437 g/mol. The van der Waals surface area contributed by atoms with E-state index >= 15 is 0 Å². The van der Waals surface area contributed by atoms with E-state index in [0.717, 1.165) is 16.2 Å². The molecule has 1 atom stereocenters. The largest absolute Gasteiger partial charge is 0.488 e. The van der Waals surface area contributed by atoms with Crippen LogP contribution in [0.1, 0.15) is 21.5 Å². The summed E-state index contributed by atoms with van der Waals surface area (Å²) in [5.41, 5.74) is 7.41. The highest BCUT2D eigenvalue weighted by Crippen LogP contribution is 2.28. The number of likely N-dealkylation sites (N-methyl/N-ethyl adjacent to an activating group) is 1. The highest BCUT2D eigenvalue weighted by atomic mass is 16.5. The number of primary amides is 1. The Bertz CT molecular complexity index is 1080.